The van der Waals surface area contributed by atoms with Gasteiger partial charge in [-0.15, -0.1) is 0 Å². The van der Waals surface area contributed by atoms with Gasteiger partial charge in [-0.25, -0.2) is 4.79 Å². The molecule has 92 valence electrons. The molecule has 0 saturated carbocycles. The Morgan fingerprint density at radius 3 is 3.00 bits per heavy atom. The van der Waals surface area contributed by atoms with Crippen LogP contribution in [-0.4, -0.2) is 37.5 Å². The molecule has 0 spiro atoms. The molecule has 0 bridgehead atoms. The zero-order chi connectivity index (χ0) is 12.3. The van der Waals surface area contributed by atoms with E-state index in [0.29, 0.717) is 24.7 Å². The summed E-state index contributed by atoms with van der Waals surface area (Å²) in [4.78, 5) is 11.1. The first-order valence-corrected chi connectivity index (χ1v) is 5.35. The van der Waals surface area contributed by atoms with Gasteiger partial charge in [0, 0.05) is 12.0 Å². The van der Waals surface area contributed by atoms with E-state index in [0.717, 1.165) is 5.56 Å². The van der Waals surface area contributed by atoms with Gasteiger partial charge in [0.25, 0.3) is 0 Å². The number of methoxy groups -OCH3 is 1. The lowest BCUT2D eigenvalue weighted by atomic mass is 10.1. The minimum atomic E-state index is -1.18. The van der Waals surface area contributed by atoms with E-state index in [9.17, 15) is 9.90 Å². The van der Waals surface area contributed by atoms with Crippen LogP contribution in [0.3, 0.4) is 0 Å². The van der Waals surface area contributed by atoms with Crippen molar-refractivity contribution in [1.29, 1.82) is 0 Å². The van der Waals surface area contributed by atoms with Crippen LogP contribution in [0.4, 0.5) is 0 Å². The summed E-state index contributed by atoms with van der Waals surface area (Å²) in [5, 5.41) is 9.60. The van der Waals surface area contributed by atoms with E-state index in [4.69, 9.17) is 9.47 Å². The van der Waals surface area contributed by atoms with Gasteiger partial charge in [0.15, 0.2) is 17.6 Å². The van der Waals surface area contributed by atoms with Crippen LogP contribution >= 0.6 is 0 Å². The molecule has 1 heterocycles. The summed E-state index contributed by atoms with van der Waals surface area (Å²) in [6.07, 6.45) is -1.03. The fourth-order valence-electron chi connectivity index (χ4n) is 1.72. The second kappa shape index (κ2) is 5.05. The third-order valence-electron chi connectivity index (χ3n) is 2.53. The number of aliphatic hydroxyl groups excluding tert-OH is 1. The molecule has 1 atom stereocenters. The Morgan fingerprint density at radius 2 is 2.24 bits per heavy atom. The standard InChI is InChI=1S/C12H14O5/c1-15-12(14)9(13)7-8-3-2-4-10-11(8)17-6-5-16-10/h2-4,9,13H,5-7H2,1H3. The van der Waals surface area contributed by atoms with Crippen molar-refractivity contribution in [2.75, 3.05) is 20.3 Å². The Bertz CT molecular complexity index is 415. The molecule has 1 N–H and O–H groups in total. The highest BCUT2D eigenvalue weighted by Gasteiger charge is 2.21. The Labute approximate surface area is 98.9 Å². The first kappa shape index (κ1) is 11.7. The van der Waals surface area contributed by atoms with E-state index in [-0.39, 0.29) is 6.42 Å². The van der Waals surface area contributed by atoms with Crippen LogP contribution in [0.1, 0.15) is 5.56 Å². The van der Waals surface area contributed by atoms with Gasteiger partial charge in [0.2, 0.25) is 0 Å². The molecule has 1 aromatic rings. The van der Waals surface area contributed by atoms with Crippen LogP contribution in [0.5, 0.6) is 11.5 Å². The van der Waals surface area contributed by atoms with Crippen molar-refractivity contribution < 1.29 is 24.1 Å². The summed E-state index contributed by atoms with van der Waals surface area (Å²) in [7, 11) is 1.24. The largest absolute Gasteiger partial charge is 0.486 e. The highest BCUT2D eigenvalue weighted by atomic mass is 16.6. The highest BCUT2D eigenvalue weighted by molar-refractivity contribution is 5.74. The number of para-hydroxylation sites is 1. The molecular formula is C12H14O5. The van der Waals surface area contributed by atoms with Gasteiger partial charge in [-0.2, -0.15) is 0 Å². The van der Waals surface area contributed by atoms with Gasteiger partial charge in [0.1, 0.15) is 13.2 Å². The molecule has 1 aliphatic heterocycles. The molecule has 0 aromatic heterocycles. The molecule has 5 nitrogen and oxygen atoms in total. The summed E-state index contributed by atoms with van der Waals surface area (Å²) in [6, 6.07) is 5.38. The van der Waals surface area contributed by atoms with Crippen molar-refractivity contribution in [2.24, 2.45) is 0 Å². The quantitative estimate of drug-likeness (QED) is 0.778. The molecule has 0 amide bonds. The molecule has 5 heteroatoms. The summed E-state index contributed by atoms with van der Waals surface area (Å²) >= 11 is 0. The predicted octanol–water partition coefficient (Wildman–Crippen LogP) is 0.534. The molecule has 1 aliphatic rings. The minimum absolute atomic E-state index is 0.152. The van der Waals surface area contributed by atoms with E-state index in [1.54, 1.807) is 18.2 Å². The number of hydrogen-bond donors (Lipinski definition) is 1. The highest BCUT2D eigenvalue weighted by Crippen LogP contribution is 2.34. The summed E-state index contributed by atoms with van der Waals surface area (Å²) in [5.74, 6) is 0.590. The number of carbonyl (C=O) groups excluding carboxylic acids is 1. The van der Waals surface area contributed by atoms with E-state index in [1.807, 2.05) is 0 Å². The third kappa shape index (κ3) is 2.50. The van der Waals surface area contributed by atoms with Crippen molar-refractivity contribution in [3.8, 4) is 11.5 Å². The number of hydrogen-bond acceptors (Lipinski definition) is 5. The number of rotatable bonds is 3. The fourth-order valence-corrected chi connectivity index (χ4v) is 1.72. The minimum Gasteiger partial charge on any atom is -0.486 e. The van der Waals surface area contributed by atoms with Crippen LogP contribution < -0.4 is 9.47 Å². The second-order valence-corrected chi connectivity index (χ2v) is 3.68. The maximum absolute atomic E-state index is 11.1. The van der Waals surface area contributed by atoms with Crippen LogP contribution in [0.15, 0.2) is 18.2 Å². The topological polar surface area (TPSA) is 65.0 Å². The average molecular weight is 238 g/mol. The summed E-state index contributed by atoms with van der Waals surface area (Å²) in [6.45, 7) is 0.980. The van der Waals surface area contributed by atoms with Crippen LogP contribution in [0, 0.1) is 0 Å². The van der Waals surface area contributed by atoms with Crippen LogP contribution in [0.25, 0.3) is 0 Å². The number of ether oxygens (including phenoxy) is 3. The first-order chi connectivity index (χ1) is 8.22. The van der Waals surface area contributed by atoms with Gasteiger partial charge in [-0.05, 0) is 6.07 Å². The molecule has 2 rings (SSSR count). The van der Waals surface area contributed by atoms with Gasteiger partial charge < -0.3 is 19.3 Å². The maximum Gasteiger partial charge on any atom is 0.335 e. The van der Waals surface area contributed by atoms with Gasteiger partial charge in [-0.1, -0.05) is 12.1 Å². The SMILES string of the molecule is COC(=O)C(O)Cc1cccc2c1OCCO2. The lowest BCUT2D eigenvalue weighted by Gasteiger charge is -2.21. The molecular weight excluding hydrogens is 224 g/mol. The molecule has 17 heavy (non-hydrogen) atoms. The van der Waals surface area contributed by atoms with Crippen molar-refractivity contribution >= 4 is 5.97 Å². The van der Waals surface area contributed by atoms with Crippen molar-refractivity contribution in [3.63, 3.8) is 0 Å². The van der Waals surface area contributed by atoms with Crippen molar-refractivity contribution in [3.05, 3.63) is 23.8 Å². The molecule has 1 unspecified atom stereocenters. The third-order valence-corrected chi connectivity index (χ3v) is 2.53. The first-order valence-electron chi connectivity index (χ1n) is 5.35. The molecule has 1 aromatic carbocycles. The molecule has 0 saturated heterocycles. The monoisotopic (exact) mass is 238 g/mol. The number of esters is 1. The average Bonchev–Trinajstić information content (AvgIpc) is 2.38. The van der Waals surface area contributed by atoms with Gasteiger partial charge >= 0.3 is 5.97 Å². The lowest BCUT2D eigenvalue weighted by Crippen LogP contribution is -2.25. The number of carbonyl (C=O) groups is 1. The zero-order valence-electron chi connectivity index (χ0n) is 9.51. The normalized spacial score (nSPS) is 15.2. The van der Waals surface area contributed by atoms with Gasteiger partial charge in [-0.3, -0.25) is 0 Å². The maximum atomic E-state index is 11.1. The van der Waals surface area contributed by atoms with Gasteiger partial charge in [0.05, 0.1) is 7.11 Å². The fraction of sp³-hybridized carbons (Fsp3) is 0.417. The van der Waals surface area contributed by atoms with Crippen molar-refractivity contribution in [1.82, 2.24) is 0 Å². The smallest absolute Gasteiger partial charge is 0.335 e. The Balaban J connectivity index is 2.18. The Morgan fingerprint density at radius 1 is 1.47 bits per heavy atom. The zero-order valence-corrected chi connectivity index (χ0v) is 9.51. The van der Waals surface area contributed by atoms with E-state index in [1.165, 1.54) is 7.11 Å². The Hall–Kier alpha value is -1.75. The van der Waals surface area contributed by atoms with Crippen LogP contribution in [0.2, 0.25) is 0 Å². The van der Waals surface area contributed by atoms with Crippen molar-refractivity contribution in [2.45, 2.75) is 12.5 Å². The predicted molar refractivity (Wildman–Crippen MR) is 59.2 cm³/mol. The molecule has 0 aliphatic carbocycles. The second-order valence-electron chi connectivity index (χ2n) is 3.68. The van der Waals surface area contributed by atoms with E-state index in [2.05, 4.69) is 4.74 Å². The molecule has 0 radical (unpaired) electrons. The Kier molecular flexibility index (Phi) is 3.49. The summed E-state index contributed by atoms with van der Waals surface area (Å²) < 4.78 is 15.4. The number of aliphatic hydroxyl groups is 1. The number of benzene rings is 1. The number of fused-ring (bicyclic) bond motifs is 1. The molecule has 0 fully saturated rings. The van der Waals surface area contributed by atoms with E-state index < -0.39 is 12.1 Å². The van der Waals surface area contributed by atoms with Crippen LogP contribution in [-0.2, 0) is 16.0 Å². The lowest BCUT2D eigenvalue weighted by molar-refractivity contribution is -0.150. The van der Waals surface area contributed by atoms with E-state index >= 15 is 0 Å². The summed E-state index contributed by atoms with van der Waals surface area (Å²) in [5.41, 5.74) is 0.736.